The topological polar surface area (TPSA) is 113 Å². The molecule has 2 heterocycles. The van der Waals surface area contributed by atoms with Crippen LogP contribution in [-0.4, -0.2) is 44.4 Å². The third-order valence-electron chi connectivity index (χ3n) is 5.30. The third kappa shape index (κ3) is 3.91. The van der Waals surface area contributed by atoms with Crippen molar-refractivity contribution in [3.05, 3.63) is 46.3 Å². The van der Waals surface area contributed by atoms with Crippen LogP contribution in [0.1, 0.15) is 50.5 Å². The molecule has 0 aliphatic heterocycles. The molecule has 0 unspecified atom stereocenters. The number of hydrogen-bond acceptors (Lipinski definition) is 5. The van der Waals surface area contributed by atoms with Gasteiger partial charge in [-0.2, -0.15) is 4.39 Å². The molecule has 1 aliphatic rings. The molecule has 2 aromatic heterocycles. The number of aliphatic hydroxyl groups is 1. The Balaban J connectivity index is 1.83. The summed E-state index contributed by atoms with van der Waals surface area (Å²) in [5.74, 6) is -2.61. The van der Waals surface area contributed by atoms with E-state index in [9.17, 15) is 23.9 Å². The summed E-state index contributed by atoms with van der Waals surface area (Å²) in [6.07, 6.45) is 1.60. The van der Waals surface area contributed by atoms with E-state index < -0.39 is 29.6 Å². The Morgan fingerprint density at radius 2 is 1.90 bits per heavy atom. The van der Waals surface area contributed by atoms with Crippen LogP contribution >= 0.6 is 0 Å². The summed E-state index contributed by atoms with van der Waals surface area (Å²) in [5, 5.41) is 14.6. The normalized spacial score (nSPS) is 18.1. The quantitative estimate of drug-likeness (QED) is 0.399. The number of hydrogen-bond donors (Lipinski definition) is 3. The van der Waals surface area contributed by atoms with Gasteiger partial charge in [0.05, 0.1) is 29.2 Å². The van der Waals surface area contributed by atoms with E-state index in [0.29, 0.717) is 29.8 Å². The van der Waals surface area contributed by atoms with Crippen molar-refractivity contribution < 1.29 is 23.9 Å². The number of halogens is 1. The summed E-state index contributed by atoms with van der Waals surface area (Å²) >= 11 is 0. The maximum absolute atomic E-state index is 13.3. The fourth-order valence-electron chi connectivity index (χ4n) is 3.52. The van der Waals surface area contributed by atoms with Crippen molar-refractivity contribution in [2.24, 2.45) is 7.05 Å². The highest BCUT2D eigenvalue weighted by atomic mass is 19.1. The molecule has 1 aliphatic carbocycles. The summed E-state index contributed by atoms with van der Waals surface area (Å²) in [6, 6.07) is 1.24. The van der Waals surface area contributed by atoms with E-state index in [-0.39, 0.29) is 22.9 Å². The number of aromatic nitrogens is 2. The molecule has 1 fully saturated rings. The van der Waals surface area contributed by atoms with E-state index in [1.807, 2.05) is 0 Å². The number of carbonyl (C=O) groups excluding carboxylic acids is 3. The van der Waals surface area contributed by atoms with Crippen LogP contribution < -0.4 is 10.6 Å². The largest absolute Gasteiger partial charge is 0.393 e. The van der Waals surface area contributed by atoms with E-state index in [1.54, 1.807) is 20.9 Å². The molecular formula is C20H23FN4O4. The molecule has 0 spiro atoms. The zero-order valence-corrected chi connectivity index (χ0v) is 16.7. The predicted molar refractivity (Wildman–Crippen MR) is 103 cm³/mol. The summed E-state index contributed by atoms with van der Waals surface area (Å²) in [6.45, 7) is 4.81. The first-order valence-corrected chi connectivity index (χ1v) is 9.22. The Hall–Kier alpha value is -3.07. The van der Waals surface area contributed by atoms with Crippen LogP contribution in [0, 0.1) is 26.7 Å². The first-order valence-electron chi connectivity index (χ1n) is 9.22. The van der Waals surface area contributed by atoms with E-state index in [1.165, 1.54) is 23.8 Å². The van der Waals surface area contributed by atoms with Crippen molar-refractivity contribution in [3.8, 4) is 0 Å². The van der Waals surface area contributed by atoms with E-state index in [2.05, 4.69) is 15.6 Å². The Labute approximate surface area is 167 Å². The average Bonchev–Trinajstić information content (AvgIpc) is 2.85. The Morgan fingerprint density at radius 1 is 1.24 bits per heavy atom. The summed E-state index contributed by atoms with van der Waals surface area (Å²) in [7, 11) is 1.61. The zero-order valence-electron chi connectivity index (χ0n) is 16.7. The van der Waals surface area contributed by atoms with Gasteiger partial charge in [0.25, 0.3) is 17.6 Å². The minimum absolute atomic E-state index is 0.124. The highest BCUT2D eigenvalue weighted by Crippen LogP contribution is 2.24. The second-order valence-electron chi connectivity index (χ2n) is 7.40. The van der Waals surface area contributed by atoms with Crippen LogP contribution in [0.15, 0.2) is 12.3 Å². The fourth-order valence-corrected chi connectivity index (χ4v) is 3.52. The molecule has 0 atom stereocenters. The predicted octanol–water partition coefficient (Wildman–Crippen LogP) is 1.56. The highest BCUT2D eigenvalue weighted by molar-refractivity contribution is 6.43. The van der Waals surface area contributed by atoms with Gasteiger partial charge in [-0.1, -0.05) is 0 Å². The number of rotatable bonds is 5. The monoisotopic (exact) mass is 402 g/mol. The van der Waals surface area contributed by atoms with Gasteiger partial charge in [-0.15, -0.1) is 0 Å². The van der Waals surface area contributed by atoms with Gasteiger partial charge in [0, 0.05) is 24.3 Å². The number of Topliss-reactive ketones (excluding diaryl/α,β-unsaturated/α-hetero) is 1. The number of aryl methyl sites for hydroxylation is 1. The summed E-state index contributed by atoms with van der Waals surface area (Å²) in [5.41, 5.74) is 1.90. The molecule has 1 saturated carbocycles. The lowest BCUT2D eigenvalue weighted by Crippen LogP contribution is -2.49. The van der Waals surface area contributed by atoms with Gasteiger partial charge in [0.1, 0.15) is 0 Å². The molecule has 0 bridgehead atoms. The molecule has 2 aromatic rings. The Bertz CT molecular complexity index is 1010. The van der Waals surface area contributed by atoms with Crippen LogP contribution in [0.5, 0.6) is 0 Å². The molecule has 8 nitrogen and oxygen atoms in total. The molecule has 154 valence electrons. The van der Waals surface area contributed by atoms with Crippen molar-refractivity contribution >= 4 is 23.3 Å². The smallest absolute Gasteiger partial charge is 0.294 e. The van der Waals surface area contributed by atoms with Crippen LogP contribution in [0.25, 0.3) is 0 Å². The van der Waals surface area contributed by atoms with Crippen LogP contribution in [-0.2, 0) is 11.8 Å². The van der Waals surface area contributed by atoms with E-state index in [4.69, 9.17) is 0 Å². The lowest BCUT2D eigenvalue weighted by Gasteiger charge is -2.31. The molecule has 3 N–H and O–H groups in total. The molecule has 29 heavy (non-hydrogen) atoms. The number of nitrogens with zero attached hydrogens (tertiary/aromatic N) is 2. The van der Waals surface area contributed by atoms with Gasteiger partial charge in [-0.05, 0) is 45.2 Å². The molecule has 0 saturated heterocycles. The minimum Gasteiger partial charge on any atom is -0.393 e. The third-order valence-corrected chi connectivity index (χ3v) is 5.30. The van der Waals surface area contributed by atoms with Crippen molar-refractivity contribution in [1.29, 1.82) is 0 Å². The molecule has 9 heteroatoms. The van der Waals surface area contributed by atoms with Gasteiger partial charge in [-0.25, -0.2) is 4.98 Å². The molecule has 3 rings (SSSR count). The number of ketones is 1. The van der Waals surface area contributed by atoms with Crippen LogP contribution in [0.2, 0.25) is 0 Å². The van der Waals surface area contributed by atoms with Crippen LogP contribution in [0.4, 0.5) is 10.1 Å². The lowest BCUT2D eigenvalue weighted by molar-refractivity contribution is -0.119. The number of aliphatic hydroxyl groups excluding tert-OH is 1. The van der Waals surface area contributed by atoms with Crippen molar-refractivity contribution in [3.63, 3.8) is 0 Å². The number of pyridine rings is 1. The maximum atomic E-state index is 13.3. The Morgan fingerprint density at radius 3 is 2.48 bits per heavy atom. The van der Waals surface area contributed by atoms with Crippen molar-refractivity contribution in [1.82, 2.24) is 14.9 Å². The summed E-state index contributed by atoms with van der Waals surface area (Å²) < 4.78 is 14.8. The molecular weight excluding hydrogens is 379 g/mol. The maximum Gasteiger partial charge on any atom is 0.294 e. The van der Waals surface area contributed by atoms with E-state index in [0.717, 1.165) is 0 Å². The van der Waals surface area contributed by atoms with Gasteiger partial charge < -0.3 is 20.3 Å². The first kappa shape index (κ1) is 20.7. The Kier molecular flexibility index (Phi) is 5.52. The highest BCUT2D eigenvalue weighted by Gasteiger charge is 2.33. The number of amides is 2. The number of nitrogens with one attached hydrogen (secondary N) is 2. The second-order valence-corrected chi connectivity index (χ2v) is 7.40. The zero-order chi connectivity index (χ0) is 21.5. The van der Waals surface area contributed by atoms with Crippen LogP contribution in [0.3, 0.4) is 0 Å². The van der Waals surface area contributed by atoms with Gasteiger partial charge in [0.2, 0.25) is 5.95 Å². The van der Waals surface area contributed by atoms with Crippen molar-refractivity contribution in [2.75, 3.05) is 5.32 Å². The average molecular weight is 402 g/mol. The van der Waals surface area contributed by atoms with E-state index >= 15 is 0 Å². The standard InChI is InChI=1S/C20H23FN4O4/c1-9-5-13(8-22-18(9)21)24-19(28)15-10(2)16(25(4)11(15)3)17(27)20(29)23-12-6-14(26)7-12/h5,8,12,14,26H,6-7H2,1-4H3,(H,23,29)(H,24,28). The first-order chi connectivity index (χ1) is 13.6. The molecule has 0 radical (unpaired) electrons. The lowest BCUT2D eigenvalue weighted by atomic mass is 9.89. The number of anilines is 1. The van der Waals surface area contributed by atoms with Gasteiger partial charge >= 0.3 is 0 Å². The molecule has 0 aromatic carbocycles. The second kappa shape index (κ2) is 7.75. The number of carbonyl (C=O) groups is 3. The van der Waals surface area contributed by atoms with Gasteiger partial charge in [-0.3, -0.25) is 14.4 Å². The van der Waals surface area contributed by atoms with Crippen molar-refractivity contribution in [2.45, 2.75) is 45.8 Å². The molecule has 2 amide bonds. The minimum atomic E-state index is -0.768. The fraction of sp³-hybridized carbons (Fsp3) is 0.400. The summed E-state index contributed by atoms with van der Waals surface area (Å²) in [4.78, 5) is 41.4. The van der Waals surface area contributed by atoms with Gasteiger partial charge in [0.15, 0.2) is 0 Å². The SMILES string of the molecule is Cc1cc(NC(=O)c2c(C)c(C(=O)C(=O)NC3CC(O)C3)n(C)c2C)cnc1F.